The van der Waals surface area contributed by atoms with Crippen LogP contribution < -0.4 is 16.1 Å². The van der Waals surface area contributed by atoms with Gasteiger partial charge in [0, 0.05) is 11.9 Å². The van der Waals surface area contributed by atoms with E-state index in [1.165, 1.54) is 12.1 Å². The van der Waals surface area contributed by atoms with E-state index in [9.17, 15) is 9.18 Å². The summed E-state index contributed by atoms with van der Waals surface area (Å²) < 4.78 is 13.0. The van der Waals surface area contributed by atoms with Gasteiger partial charge in [-0.05, 0) is 65.2 Å². The highest BCUT2D eigenvalue weighted by atomic mass is 19.1. The number of nitrogens with one attached hydrogen (secondary N) is 4. The van der Waals surface area contributed by atoms with Crippen LogP contribution in [-0.2, 0) is 11.2 Å². The second kappa shape index (κ2) is 10.7. The van der Waals surface area contributed by atoms with Crippen molar-refractivity contribution in [2.75, 3.05) is 10.6 Å². The van der Waals surface area contributed by atoms with E-state index >= 15 is 0 Å². The molecule has 172 valence electrons. The zero-order valence-electron chi connectivity index (χ0n) is 18.5. The summed E-state index contributed by atoms with van der Waals surface area (Å²) in [6.07, 6.45) is 1.94. The van der Waals surface area contributed by atoms with Crippen LogP contribution in [0.1, 0.15) is 11.1 Å². The molecule has 35 heavy (non-hydrogen) atoms. The third-order valence-corrected chi connectivity index (χ3v) is 5.11. The highest BCUT2D eigenvalue weighted by Crippen LogP contribution is 2.20. The molecule has 1 aromatic heterocycles. The number of nitrogens with zero attached hydrogens (tertiary/aromatic N) is 2. The van der Waals surface area contributed by atoms with Crippen LogP contribution in [0.15, 0.2) is 96.1 Å². The van der Waals surface area contributed by atoms with Gasteiger partial charge in [-0.1, -0.05) is 36.4 Å². The Morgan fingerprint density at radius 1 is 0.943 bits per heavy atom. The van der Waals surface area contributed by atoms with Crippen LogP contribution in [-0.4, -0.2) is 16.9 Å². The third kappa shape index (κ3) is 6.27. The Morgan fingerprint density at radius 3 is 2.34 bits per heavy atom. The van der Waals surface area contributed by atoms with E-state index in [2.05, 4.69) is 26.7 Å². The summed E-state index contributed by atoms with van der Waals surface area (Å²) in [6, 6.07) is 25.8. The van der Waals surface area contributed by atoms with Gasteiger partial charge in [0.15, 0.2) is 0 Å². The lowest BCUT2D eigenvalue weighted by Crippen LogP contribution is -2.16. The molecule has 0 unspecified atom stereocenters. The van der Waals surface area contributed by atoms with Crippen LogP contribution in [0.25, 0.3) is 11.1 Å². The van der Waals surface area contributed by atoms with E-state index < -0.39 is 0 Å². The maximum Gasteiger partial charge on any atom is 0.228 e. The Balaban J connectivity index is 1.38. The largest absolute Gasteiger partial charge is 0.346 e. The number of para-hydroxylation sites is 1. The van der Waals surface area contributed by atoms with Crippen molar-refractivity contribution in [1.82, 2.24) is 4.98 Å². The minimum atomic E-state index is -0.333. The van der Waals surface area contributed by atoms with Crippen molar-refractivity contribution < 1.29 is 9.18 Å². The normalized spacial score (nSPS) is 10.9. The fraction of sp³-hybridized carbons (Fsp3) is 0.0370. The van der Waals surface area contributed by atoms with Crippen LogP contribution in [0.4, 0.5) is 15.8 Å². The molecule has 7 nitrogen and oxygen atoms in total. The second-order valence-corrected chi connectivity index (χ2v) is 7.63. The van der Waals surface area contributed by atoms with Crippen LogP contribution in [0.2, 0.25) is 0 Å². The molecule has 1 heterocycles. The van der Waals surface area contributed by atoms with Crippen molar-refractivity contribution in [2.45, 2.75) is 6.42 Å². The quantitative estimate of drug-likeness (QED) is 0.251. The zero-order chi connectivity index (χ0) is 24.6. The highest BCUT2D eigenvalue weighted by Gasteiger charge is 2.06. The van der Waals surface area contributed by atoms with Gasteiger partial charge >= 0.3 is 0 Å². The first-order valence-corrected chi connectivity index (χ1v) is 10.7. The molecule has 0 atom stereocenters. The number of aromatic amines is 1. The number of hydrogen-bond acceptors (Lipinski definition) is 3. The van der Waals surface area contributed by atoms with Crippen molar-refractivity contribution >= 4 is 23.2 Å². The molecule has 0 aliphatic carbocycles. The van der Waals surface area contributed by atoms with E-state index in [4.69, 9.17) is 10.7 Å². The Hall–Kier alpha value is -5.03. The fourth-order valence-corrected chi connectivity index (χ4v) is 3.37. The van der Waals surface area contributed by atoms with Gasteiger partial charge in [0.05, 0.1) is 17.7 Å². The van der Waals surface area contributed by atoms with Gasteiger partial charge in [-0.25, -0.2) is 4.39 Å². The average molecular weight is 465 g/mol. The maximum atomic E-state index is 13.0. The molecule has 4 aromatic rings. The Morgan fingerprint density at radius 2 is 1.66 bits per heavy atom. The van der Waals surface area contributed by atoms with Crippen molar-refractivity contribution in [1.29, 1.82) is 10.7 Å². The number of amides is 1. The number of anilines is 2. The topological polar surface area (TPSA) is 117 Å². The van der Waals surface area contributed by atoms with Crippen molar-refractivity contribution in [3.05, 3.63) is 114 Å². The number of nitriles is 1. The van der Waals surface area contributed by atoms with Gasteiger partial charge in [0.25, 0.3) is 0 Å². The highest BCUT2D eigenvalue weighted by molar-refractivity contribution is 5.93. The lowest BCUT2D eigenvalue weighted by molar-refractivity contribution is -0.115. The molecule has 0 aliphatic rings. The predicted octanol–water partition coefficient (Wildman–Crippen LogP) is 4.82. The number of hydrogen-bond donors (Lipinski definition) is 4. The molecule has 0 saturated carbocycles. The standard InChI is InChI=1S/C27H21FN6O/c28-22-10-5-18(6-11-22)15-26(35)32-23-12-7-19(8-13-23)21-9-14-25(31-17-21)34-27(30)33-24-4-2-1-3-20(24)16-29/h1-14,17H,15H2,(H,32,35)(H3,30,31,33,34). The van der Waals surface area contributed by atoms with E-state index in [0.29, 0.717) is 22.4 Å². The summed E-state index contributed by atoms with van der Waals surface area (Å²) in [7, 11) is 0. The number of halogens is 1. The maximum absolute atomic E-state index is 13.0. The van der Waals surface area contributed by atoms with Gasteiger partial charge in [-0.15, -0.1) is 0 Å². The molecule has 3 aromatic carbocycles. The van der Waals surface area contributed by atoms with E-state index in [1.54, 1.807) is 48.7 Å². The molecular formula is C27H21FN6O. The predicted molar refractivity (Wildman–Crippen MR) is 133 cm³/mol. The van der Waals surface area contributed by atoms with Crippen LogP contribution in [0, 0.1) is 22.6 Å². The zero-order valence-corrected chi connectivity index (χ0v) is 18.5. The third-order valence-electron chi connectivity index (χ3n) is 5.11. The SMILES string of the molecule is N#Cc1ccccc1NC(=N)/N=c1/ccc(-c2ccc(NC(=O)Cc3ccc(F)cc3)cc2)c[nH]1. The summed E-state index contributed by atoms with van der Waals surface area (Å²) in [5, 5.41) is 22.9. The van der Waals surface area contributed by atoms with Crippen molar-refractivity contribution in [2.24, 2.45) is 4.99 Å². The smallest absolute Gasteiger partial charge is 0.228 e. The summed E-state index contributed by atoms with van der Waals surface area (Å²) >= 11 is 0. The Bertz CT molecular complexity index is 1450. The summed E-state index contributed by atoms with van der Waals surface area (Å²) in [5.74, 6) is -0.616. The van der Waals surface area contributed by atoms with Gasteiger partial charge in [-0.2, -0.15) is 10.3 Å². The number of rotatable bonds is 5. The molecule has 0 fully saturated rings. The lowest BCUT2D eigenvalue weighted by atomic mass is 10.1. The number of carbonyl (C=O) groups excluding carboxylic acids is 1. The van der Waals surface area contributed by atoms with Crippen molar-refractivity contribution in [3.8, 4) is 17.2 Å². The minimum Gasteiger partial charge on any atom is -0.346 e. The first-order chi connectivity index (χ1) is 17.0. The van der Waals surface area contributed by atoms with E-state index in [1.807, 2.05) is 30.3 Å². The van der Waals surface area contributed by atoms with E-state index in [0.717, 1.165) is 16.7 Å². The van der Waals surface area contributed by atoms with Gasteiger partial charge in [-0.3, -0.25) is 10.2 Å². The summed E-state index contributed by atoms with van der Waals surface area (Å²) in [4.78, 5) is 19.5. The van der Waals surface area contributed by atoms with Gasteiger partial charge in [0.1, 0.15) is 17.4 Å². The lowest BCUT2D eigenvalue weighted by Gasteiger charge is -2.07. The van der Waals surface area contributed by atoms with Crippen LogP contribution in [0.5, 0.6) is 0 Å². The van der Waals surface area contributed by atoms with Gasteiger partial charge in [0.2, 0.25) is 11.9 Å². The first-order valence-electron chi connectivity index (χ1n) is 10.7. The first kappa shape index (κ1) is 23.1. The monoisotopic (exact) mass is 464 g/mol. The second-order valence-electron chi connectivity index (χ2n) is 7.63. The summed E-state index contributed by atoms with van der Waals surface area (Å²) in [6.45, 7) is 0. The molecule has 0 spiro atoms. The van der Waals surface area contributed by atoms with Crippen LogP contribution in [0.3, 0.4) is 0 Å². The number of aromatic nitrogens is 1. The minimum absolute atomic E-state index is 0.0996. The molecule has 4 rings (SSSR count). The molecule has 8 heteroatoms. The molecule has 1 amide bonds. The number of H-pyrrole nitrogens is 1. The van der Waals surface area contributed by atoms with Crippen LogP contribution >= 0.6 is 0 Å². The summed E-state index contributed by atoms with van der Waals surface area (Å²) in [5.41, 5.74) is 4.66. The van der Waals surface area contributed by atoms with Gasteiger partial charge < -0.3 is 15.6 Å². The number of pyridine rings is 1. The van der Waals surface area contributed by atoms with Crippen molar-refractivity contribution in [3.63, 3.8) is 0 Å². The molecular weight excluding hydrogens is 443 g/mol. The average Bonchev–Trinajstić information content (AvgIpc) is 2.87. The fourth-order valence-electron chi connectivity index (χ4n) is 3.37. The number of carbonyl (C=O) groups is 1. The molecule has 0 radical (unpaired) electrons. The molecule has 0 bridgehead atoms. The Labute approximate surface area is 201 Å². The molecule has 0 saturated heterocycles. The number of guanidine groups is 1. The Kier molecular flexibility index (Phi) is 7.09. The van der Waals surface area contributed by atoms with E-state index in [-0.39, 0.29) is 24.1 Å². The molecule has 0 aliphatic heterocycles. The number of benzene rings is 3. The molecule has 4 N–H and O–H groups in total.